The number of hydrogen-bond acceptors (Lipinski definition) is 3. The van der Waals surface area contributed by atoms with E-state index >= 15 is 0 Å². The van der Waals surface area contributed by atoms with Crippen molar-refractivity contribution in [2.45, 2.75) is 45.1 Å². The van der Waals surface area contributed by atoms with E-state index in [1.54, 1.807) is 37.3 Å². The summed E-state index contributed by atoms with van der Waals surface area (Å²) in [5.41, 5.74) is 3.34. The molecule has 3 rings (SSSR count). The molecule has 0 bridgehead atoms. The lowest BCUT2D eigenvalue weighted by Crippen LogP contribution is -2.29. The fourth-order valence-electron chi connectivity index (χ4n) is 3.63. The largest absolute Gasteiger partial charge is 0.345 e. The fraction of sp³-hybridized carbons (Fsp3) is 0.269. The average Bonchev–Trinajstić information content (AvgIpc) is 2.73. The van der Waals surface area contributed by atoms with Crippen LogP contribution in [0.15, 0.2) is 77.7 Å². The first-order valence-electron chi connectivity index (χ1n) is 10.7. The van der Waals surface area contributed by atoms with Gasteiger partial charge in [0, 0.05) is 11.3 Å². The van der Waals surface area contributed by atoms with Gasteiger partial charge in [-0.05, 0) is 67.1 Å². The Kier molecular flexibility index (Phi) is 7.36. The molecular formula is C26H30N2O3S. The van der Waals surface area contributed by atoms with Crippen LogP contribution in [0.3, 0.4) is 0 Å². The lowest BCUT2D eigenvalue weighted by molar-refractivity contribution is 0.0931. The molecule has 5 nitrogen and oxygen atoms in total. The molecule has 0 spiro atoms. The maximum absolute atomic E-state index is 13.1. The van der Waals surface area contributed by atoms with E-state index in [-0.39, 0.29) is 16.8 Å². The molecule has 0 heterocycles. The number of amides is 1. The molecule has 6 heteroatoms. The third kappa shape index (κ3) is 5.98. The SMILES string of the molecule is Cc1cccc(NS(=O)(=O)c2cc(C(=O)NC(CC(C)C)c3ccccc3)ccc2C)c1. The first-order valence-corrected chi connectivity index (χ1v) is 12.2. The Morgan fingerprint density at radius 1 is 0.906 bits per heavy atom. The maximum atomic E-state index is 13.1. The van der Waals surface area contributed by atoms with Crippen LogP contribution < -0.4 is 10.0 Å². The molecule has 0 saturated carbocycles. The number of hydrogen-bond donors (Lipinski definition) is 2. The normalized spacial score (nSPS) is 12.4. The molecule has 1 amide bonds. The Labute approximate surface area is 190 Å². The van der Waals surface area contributed by atoms with Gasteiger partial charge in [0.15, 0.2) is 0 Å². The second-order valence-corrected chi connectivity index (χ2v) is 10.2. The highest BCUT2D eigenvalue weighted by Crippen LogP contribution is 2.24. The zero-order valence-electron chi connectivity index (χ0n) is 18.9. The second-order valence-electron chi connectivity index (χ2n) is 8.52. The van der Waals surface area contributed by atoms with Gasteiger partial charge in [-0.25, -0.2) is 8.42 Å². The fourth-order valence-corrected chi connectivity index (χ4v) is 4.95. The number of benzene rings is 3. The number of rotatable bonds is 8. The summed E-state index contributed by atoms with van der Waals surface area (Å²) in [6.45, 7) is 7.83. The smallest absolute Gasteiger partial charge is 0.262 e. The van der Waals surface area contributed by atoms with E-state index in [1.165, 1.54) is 6.07 Å². The van der Waals surface area contributed by atoms with E-state index in [0.717, 1.165) is 17.5 Å². The second kappa shape index (κ2) is 10.0. The van der Waals surface area contributed by atoms with Gasteiger partial charge in [0.2, 0.25) is 0 Å². The number of carbonyl (C=O) groups is 1. The van der Waals surface area contributed by atoms with Gasteiger partial charge in [-0.3, -0.25) is 9.52 Å². The van der Waals surface area contributed by atoms with Crippen molar-refractivity contribution in [2.75, 3.05) is 4.72 Å². The summed E-state index contributed by atoms with van der Waals surface area (Å²) < 4.78 is 28.7. The van der Waals surface area contributed by atoms with Crippen molar-refractivity contribution in [3.63, 3.8) is 0 Å². The molecule has 0 aliphatic rings. The average molecular weight is 451 g/mol. The Hall–Kier alpha value is -3.12. The summed E-state index contributed by atoms with van der Waals surface area (Å²) >= 11 is 0. The minimum atomic E-state index is -3.85. The Morgan fingerprint density at radius 3 is 2.28 bits per heavy atom. The highest BCUT2D eigenvalue weighted by molar-refractivity contribution is 7.92. The van der Waals surface area contributed by atoms with Crippen molar-refractivity contribution in [2.24, 2.45) is 5.92 Å². The van der Waals surface area contributed by atoms with Gasteiger partial charge < -0.3 is 5.32 Å². The molecule has 2 N–H and O–H groups in total. The summed E-state index contributed by atoms with van der Waals surface area (Å²) in [7, 11) is -3.85. The topological polar surface area (TPSA) is 75.3 Å². The van der Waals surface area contributed by atoms with E-state index in [1.807, 2.05) is 43.3 Å². The van der Waals surface area contributed by atoms with E-state index in [0.29, 0.717) is 22.7 Å². The van der Waals surface area contributed by atoms with Gasteiger partial charge in [0.1, 0.15) is 0 Å². The molecule has 0 saturated heterocycles. The Morgan fingerprint density at radius 2 is 1.62 bits per heavy atom. The van der Waals surface area contributed by atoms with Crippen molar-refractivity contribution in [3.8, 4) is 0 Å². The van der Waals surface area contributed by atoms with Crippen LogP contribution in [0.5, 0.6) is 0 Å². The molecular weight excluding hydrogens is 420 g/mol. The summed E-state index contributed by atoms with van der Waals surface area (Å²) in [5, 5.41) is 3.08. The molecule has 0 radical (unpaired) electrons. The molecule has 0 fully saturated rings. The van der Waals surface area contributed by atoms with Crippen LogP contribution in [-0.2, 0) is 10.0 Å². The lowest BCUT2D eigenvalue weighted by atomic mass is 9.96. The molecule has 3 aromatic rings. The van der Waals surface area contributed by atoms with Gasteiger partial charge in [0.05, 0.1) is 10.9 Å². The molecule has 1 atom stereocenters. The predicted molar refractivity (Wildman–Crippen MR) is 129 cm³/mol. The molecule has 0 aromatic heterocycles. The van der Waals surface area contributed by atoms with E-state index in [9.17, 15) is 13.2 Å². The Balaban J connectivity index is 1.87. The molecule has 168 valence electrons. The molecule has 1 unspecified atom stereocenters. The number of carbonyl (C=O) groups excluding carboxylic acids is 1. The van der Waals surface area contributed by atoms with Gasteiger partial charge in [-0.1, -0.05) is 62.4 Å². The molecule has 3 aromatic carbocycles. The minimum absolute atomic E-state index is 0.0896. The van der Waals surface area contributed by atoms with Crippen molar-refractivity contribution in [1.29, 1.82) is 0 Å². The van der Waals surface area contributed by atoms with Crippen LogP contribution in [-0.4, -0.2) is 14.3 Å². The zero-order valence-corrected chi connectivity index (χ0v) is 19.7. The molecule has 0 aliphatic carbocycles. The van der Waals surface area contributed by atoms with Crippen LogP contribution >= 0.6 is 0 Å². The highest BCUT2D eigenvalue weighted by atomic mass is 32.2. The van der Waals surface area contributed by atoms with Crippen molar-refractivity contribution in [1.82, 2.24) is 5.32 Å². The minimum Gasteiger partial charge on any atom is -0.345 e. The summed E-state index contributed by atoms with van der Waals surface area (Å²) in [6, 6.07) is 21.6. The number of aryl methyl sites for hydroxylation is 2. The van der Waals surface area contributed by atoms with Gasteiger partial charge in [0.25, 0.3) is 15.9 Å². The third-order valence-electron chi connectivity index (χ3n) is 5.22. The predicted octanol–water partition coefficient (Wildman–Crippen LogP) is 5.62. The van der Waals surface area contributed by atoms with Crippen LogP contribution in [0.1, 0.15) is 53.4 Å². The molecule has 0 aliphatic heterocycles. The first kappa shape index (κ1) is 23.5. The van der Waals surface area contributed by atoms with Crippen LogP contribution in [0.2, 0.25) is 0 Å². The van der Waals surface area contributed by atoms with E-state index in [4.69, 9.17) is 0 Å². The first-order chi connectivity index (χ1) is 15.2. The van der Waals surface area contributed by atoms with Gasteiger partial charge in [-0.2, -0.15) is 0 Å². The molecule has 32 heavy (non-hydrogen) atoms. The van der Waals surface area contributed by atoms with Gasteiger partial charge >= 0.3 is 0 Å². The van der Waals surface area contributed by atoms with E-state index in [2.05, 4.69) is 23.9 Å². The quantitative estimate of drug-likeness (QED) is 0.468. The number of nitrogens with one attached hydrogen (secondary N) is 2. The summed E-state index contributed by atoms with van der Waals surface area (Å²) in [4.78, 5) is 13.2. The van der Waals surface area contributed by atoms with Crippen LogP contribution in [0.25, 0.3) is 0 Å². The van der Waals surface area contributed by atoms with Crippen LogP contribution in [0.4, 0.5) is 5.69 Å². The number of anilines is 1. The zero-order chi connectivity index (χ0) is 23.3. The van der Waals surface area contributed by atoms with Crippen molar-refractivity contribution < 1.29 is 13.2 Å². The summed E-state index contributed by atoms with van der Waals surface area (Å²) in [6.07, 6.45) is 0.779. The number of sulfonamides is 1. The van der Waals surface area contributed by atoms with E-state index < -0.39 is 10.0 Å². The Bertz CT molecular complexity index is 1190. The standard InChI is InChI=1S/C26H30N2O3S/c1-18(2)15-24(21-10-6-5-7-11-21)27-26(29)22-14-13-20(4)25(17-22)32(30,31)28-23-12-8-9-19(3)16-23/h5-14,16-18,24,28H,15H2,1-4H3,(H,27,29). The van der Waals surface area contributed by atoms with Crippen molar-refractivity contribution >= 4 is 21.6 Å². The van der Waals surface area contributed by atoms with Crippen LogP contribution in [0, 0.1) is 19.8 Å². The van der Waals surface area contributed by atoms with Gasteiger partial charge in [-0.15, -0.1) is 0 Å². The monoisotopic (exact) mass is 450 g/mol. The summed E-state index contributed by atoms with van der Waals surface area (Å²) in [5.74, 6) is 0.0829. The third-order valence-corrected chi connectivity index (χ3v) is 6.75. The highest BCUT2D eigenvalue weighted by Gasteiger charge is 2.22. The lowest BCUT2D eigenvalue weighted by Gasteiger charge is -2.21. The maximum Gasteiger partial charge on any atom is 0.262 e. The van der Waals surface area contributed by atoms with Crippen molar-refractivity contribution in [3.05, 3.63) is 95.1 Å².